The second-order valence-corrected chi connectivity index (χ2v) is 5.61. The predicted molar refractivity (Wildman–Crippen MR) is 53.2 cm³/mol. The van der Waals surface area contributed by atoms with Gasteiger partial charge in [0.25, 0.3) is 10.1 Å². The van der Waals surface area contributed by atoms with Gasteiger partial charge in [0.2, 0.25) is 0 Å². The molecule has 0 saturated carbocycles. The zero-order valence-electron chi connectivity index (χ0n) is 8.34. The van der Waals surface area contributed by atoms with Crippen LogP contribution in [0.25, 0.3) is 0 Å². The molecule has 0 radical (unpaired) electrons. The third-order valence-corrected chi connectivity index (χ3v) is 3.53. The first-order valence-electron chi connectivity index (χ1n) is 4.62. The summed E-state index contributed by atoms with van der Waals surface area (Å²) in [6.07, 6.45) is 3.19. The second-order valence-electron chi connectivity index (χ2n) is 4.10. The standard InChI is InChI=1S/C9H16O4S/c1-6-3-7(2)5-8(4-6)9(10)14(11,12)13/h3,6,8-10H,4-5H2,1-2H3,(H,11,12,13). The molecule has 1 rings (SSSR count). The average Bonchev–Trinajstić information content (AvgIpc) is 1.99. The van der Waals surface area contributed by atoms with Gasteiger partial charge in [0.05, 0.1) is 0 Å². The van der Waals surface area contributed by atoms with Crippen molar-refractivity contribution >= 4 is 10.1 Å². The number of aliphatic hydroxyl groups excluding tert-OH is 1. The van der Waals surface area contributed by atoms with E-state index in [1.54, 1.807) is 0 Å². The Labute approximate surface area is 84.4 Å². The number of aliphatic hydroxyl groups is 1. The topological polar surface area (TPSA) is 74.6 Å². The summed E-state index contributed by atoms with van der Waals surface area (Å²) in [5, 5.41) is 9.38. The van der Waals surface area contributed by atoms with Crippen LogP contribution in [0.4, 0.5) is 0 Å². The van der Waals surface area contributed by atoms with Crippen LogP contribution in [0.1, 0.15) is 26.7 Å². The molecule has 4 nitrogen and oxygen atoms in total. The molecule has 0 fully saturated rings. The molecule has 82 valence electrons. The molecule has 0 spiro atoms. The zero-order valence-corrected chi connectivity index (χ0v) is 9.16. The fourth-order valence-corrected chi connectivity index (χ4v) is 2.75. The van der Waals surface area contributed by atoms with Crippen molar-refractivity contribution in [3.8, 4) is 0 Å². The van der Waals surface area contributed by atoms with Gasteiger partial charge < -0.3 is 5.11 Å². The quantitative estimate of drug-likeness (QED) is 0.541. The lowest BCUT2D eigenvalue weighted by molar-refractivity contribution is 0.150. The summed E-state index contributed by atoms with van der Waals surface area (Å²) in [7, 11) is -4.32. The lowest BCUT2D eigenvalue weighted by atomic mass is 9.84. The molecule has 0 bridgehead atoms. The molecule has 2 N–H and O–H groups in total. The van der Waals surface area contributed by atoms with Gasteiger partial charge in [0, 0.05) is 5.92 Å². The third kappa shape index (κ3) is 2.80. The SMILES string of the molecule is CC1=CC(C)CC(C(O)S(=O)(=O)O)C1. The van der Waals surface area contributed by atoms with Gasteiger partial charge in [0.1, 0.15) is 0 Å². The molecule has 0 saturated heterocycles. The van der Waals surface area contributed by atoms with Gasteiger partial charge in [-0.25, -0.2) is 0 Å². The summed E-state index contributed by atoms with van der Waals surface area (Å²) in [5.41, 5.74) is -0.579. The Balaban J connectivity index is 2.78. The molecule has 3 unspecified atom stereocenters. The highest BCUT2D eigenvalue weighted by molar-refractivity contribution is 7.86. The van der Waals surface area contributed by atoms with E-state index >= 15 is 0 Å². The molecule has 0 aromatic carbocycles. The van der Waals surface area contributed by atoms with Crippen molar-refractivity contribution in [3.63, 3.8) is 0 Å². The fraction of sp³-hybridized carbons (Fsp3) is 0.778. The molecule has 0 amide bonds. The first-order valence-corrected chi connectivity index (χ1v) is 6.12. The van der Waals surface area contributed by atoms with E-state index in [0.29, 0.717) is 12.8 Å². The second kappa shape index (κ2) is 4.00. The van der Waals surface area contributed by atoms with Crippen molar-refractivity contribution in [2.45, 2.75) is 32.1 Å². The van der Waals surface area contributed by atoms with Crippen LogP contribution in [0.3, 0.4) is 0 Å². The first-order chi connectivity index (χ1) is 6.30. The van der Waals surface area contributed by atoms with Crippen LogP contribution in [0, 0.1) is 11.8 Å². The van der Waals surface area contributed by atoms with E-state index in [2.05, 4.69) is 6.08 Å². The molecule has 0 aromatic rings. The summed E-state index contributed by atoms with van der Waals surface area (Å²) in [4.78, 5) is 0. The van der Waals surface area contributed by atoms with Crippen molar-refractivity contribution in [1.29, 1.82) is 0 Å². The summed E-state index contributed by atoms with van der Waals surface area (Å²) in [6, 6.07) is 0. The Kier molecular flexibility index (Phi) is 3.34. The van der Waals surface area contributed by atoms with Crippen LogP contribution in [-0.2, 0) is 10.1 Å². The highest BCUT2D eigenvalue weighted by atomic mass is 32.2. The van der Waals surface area contributed by atoms with E-state index in [-0.39, 0.29) is 11.8 Å². The monoisotopic (exact) mass is 220 g/mol. The molecular weight excluding hydrogens is 204 g/mol. The maximum absolute atomic E-state index is 10.7. The summed E-state index contributed by atoms with van der Waals surface area (Å²) < 4.78 is 30.2. The van der Waals surface area contributed by atoms with Crippen LogP contribution in [0.15, 0.2) is 11.6 Å². The van der Waals surface area contributed by atoms with Crippen LogP contribution in [0.5, 0.6) is 0 Å². The van der Waals surface area contributed by atoms with Crippen molar-refractivity contribution in [3.05, 3.63) is 11.6 Å². The van der Waals surface area contributed by atoms with Crippen molar-refractivity contribution < 1.29 is 18.1 Å². The lowest BCUT2D eigenvalue weighted by Gasteiger charge is -2.27. The molecule has 14 heavy (non-hydrogen) atoms. The number of hydrogen-bond donors (Lipinski definition) is 2. The molecule has 5 heteroatoms. The zero-order chi connectivity index (χ0) is 10.9. The molecule has 3 atom stereocenters. The van der Waals surface area contributed by atoms with E-state index in [1.807, 2.05) is 13.8 Å². The average molecular weight is 220 g/mol. The van der Waals surface area contributed by atoms with E-state index in [9.17, 15) is 13.5 Å². The van der Waals surface area contributed by atoms with Crippen LogP contribution >= 0.6 is 0 Å². The first kappa shape index (κ1) is 11.7. The molecule has 1 aliphatic carbocycles. The fourth-order valence-electron chi connectivity index (χ4n) is 2.06. The van der Waals surface area contributed by atoms with Crippen LogP contribution in [-0.4, -0.2) is 23.5 Å². The van der Waals surface area contributed by atoms with Gasteiger partial charge in [-0.3, -0.25) is 4.55 Å². The maximum atomic E-state index is 10.7. The minimum Gasteiger partial charge on any atom is -0.375 e. The van der Waals surface area contributed by atoms with Gasteiger partial charge in [-0.15, -0.1) is 0 Å². The largest absolute Gasteiger partial charge is 0.375 e. The smallest absolute Gasteiger partial charge is 0.292 e. The third-order valence-electron chi connectivity index (χ3n) is 2.54. The molecular formula is C9H16O4S. The van der Waals surface area contributed by atoms with E-state index in [0.717, 1.165) is 5.57 Å². The van der Waals surface area contributed by atoms with Gasteiger partial charge in [-0.2, -0.15) is 8.42 Å². The van der Waals surface area contributed by atoms with Crippen molar-refractivity contribution in [2.75, 3.05) is 0 Å². The minimum atomic E-state index is -4.32. The van der Waals surface area contributed by atoms with Crippen molar-refractivity contribution in [1.82, 2.24) is 0 Å². The van der Waals surface area contributed by atoms with Gasteiger partial charge >= 0.3 is 0 Å². The Hall–Kier alpha value is -0.390. The Morgan fingerprint density at radius 2 is 2.14 bits per heavy atom. The van der Waals surface area contributed by atoms with Gasteiger partial charge in [-0.1, -0.05) is 18.6 Å². The normalized spacial score (nSPS) is 31.0. The maximum Gasteiger partial charge on any atom is 0.292 e. The number of hydrogen-bond acceptors (Lipinski definition) is 3. The molecule has 1 aliphatic rings. The molecule has 0 aromatic heterocycles. The number of allylic oxidation sites excluding steroid dienone is 2. The Morgan fingerprint density at radius 1 is 1.57 bits per heavy atom. The van der Waals surface area contributed by atoms with Crippen LogP contribution in [0.2, 0.25) is 0 Å². The number of rotatable bonds is 2. The van der Waals surface area contributed by atoms with Gasteiger partial charge in [0.15, 0.2) is 5.44 Å². The van der Waals surface area contributed by atoms with E-state index < -0.39 is 15.6 Å². The molecule has 0 aliphatic heterocycles. The highest BCUT2D eigenvalue weighted by Gasteiger charge is 2.32. The van der Waals surface area contributed by atoms with Gasteiger partial charge in [-0.05, 0) is 25.7 Å². The minimum absolute atomic E-state index is 0.255. The molecule has 0 heterocycles. The van der Waals surface area contributed by atoms with Crippen LogP contribution < -0.4 is 0 Å². The predicted octanol–water partition coefficient (Wildman–Crippen LogP) is 1.19. The Bertz CT molecular complexity index is 331. The Morgan fingerprint density at radius 3 is 2.57 bits per heavy atom. The summed E-state index contributed by atoms with van der Waals surface area (Å²) in [5.74, 6) is -0.129. The van der Waals surface area contributed by atoms with E-state index in [4.69, 9.17) is 4.55 Å². The van der Waals surface area contributed by atoms with Crippen molar-refractivity contribution in [2.24, 2.45) is 11.8 Å². The summed E-state index contributed by atoms with van der Waals surface area (Å²) >= 11 is 0. The summed E-state index contributed by atoms with van der Waals surface area (Å²) in [6.45, 7) is 3.87. The highest BCUT2D eigenvalue weighted by Crippen LogP contribution is 2.31. The lowest BCUT2D eigenvalue weighted by Crippen LogP contribution is -2.32. The van der Waals surface area contributed by atoms with E-state index in [1.165, 1.54) is 0 Å².